The highest BCUT2D eigenvalue weighted by Gasteiger charge is 2.32. The van der Waals surface area contributed by atoms with Gasteiger partial charge in [-0.25, -0.2) is 9.37 Å². The first-order valence-corrected chi connectivity index (χ1v) is 11.5. The molecule has 7 rings (SSSR count). The Morgan fingerprint density at radius 2 is 2.11 bits per heavy atom. The molecule has 35 heavy (non-hydrogen) atoms. The lowest BCUT2D eigenvalue weighted by Gasteiger charge is -2.40. The van der Waals surface area contributed by atoms with Crippen LogP contribution in [0.3, 0.4) is 0 Å². The van der Waals surface area contributed by atoms with E-state index in [1.165, 1.54) is 12.1 Å². The molecular weight excluding hydrogens is 451 g/mol. The van der Waals surface area contributed by atoms with Crippen LogP contribution in [0.1, 0.15) is 15.9 Å². The molecule has 2 N–H and O–H groups in total. The molecule has 176 valence electrons. The number of hydrogen-bond donors (Lipinski definition) is 2. The van der Waals surface area contributed by atoms with Gasteiger partial charge in [-0.1, -0.05) is 6.07 Å². The first-order valence-electron chi connectivity index (χ1n) is 11.5. The Hall–Kier alpha value is -4.18. The van der Waals surface area contributed by atoms with Crippen LogP contribution >= 0.6 is 0 Å². The van der Waals surface area contributed by atoms with Crippen molar-refractivity contribution < 1.29 is 18.7 Å². The van der Waals surface area contributed by atoms with Crippen LogP contribution in [0.25, 0.3) is 16.9 Å². The summed E-state index contributed by atoms with van der Waals surface area (Å²) in [6.45, 7) is 3.06. The summed E-state index contributed by atoms with van der Waals surface area (Å²) in [5.41, 5.74) is 5.20. The van der Waals surface area contributed by atoms with Crippen molar-refractivity contribution in [2.75, 3.05) is 36.6 Å². The average Bonchev–Trinajstić information content (AvgIpc) is 3.48. The molecule has 3 aliphatic rings. The summed E-state index contributed by atoms with van der Waals surface area (Å²) in [4.78, 5) is 24.1. The van der Waals surface area contributed by atoms with Gasteiger partial charge in [-0.05, 0) is 29.8 Å². The molecule has 3 aromatic heterocycles. The molecule has 1 saturated heterocycles. The molecule has 0 unspecified atom stereocenters. The fourth-order valence-corrected chi connectivity index (χ4v) is 5.10. The van der Waals surface area contributed by atoms with Crippen molar-refractivity contribution in [1.29, 1.82) is 0 Å². The smallest absolute Gasteiger partial charge is 0.254 e. The maximum Gasteiger partial charge on any atom is 0.254 e. The number of imidazole rings is 1. The number of halogens is 1. The van der Waals surface area contributed by atoms with Crippen LogP contribution in [0.2, 0.25) is 0 Å². The predicted molar refractivity (Wildman–Crippen MR) is 127 cm³/mol. The minimum atomic E-state index is -0.345. The number of anilines is 3. The summed E-state index contributed by atoms with van der Waals surface area (Å²) < 4.78 is 26.9. The van der Waals surface area contributed by atoms with Crippen LogP contribution in [0.4, 0.5) is 21.6 Å². The highest BCUT2D eigenvalue weighted by Crippen LogP contribution is 2.38. The third-order valence-electron chi connectivity index (χ3n) is 6.77. The standard InChI is InChI=1S/C25H21FN6O3/c26-14-5-6-32-20(11-27-22(32)9-14)16-1-2-18(23-17(16)10-28-24(23)33)29-21-4-3-19-25(30-21)35-13-15-12-34-8-7-31(15)19/h1-6,9,11,15H,7-8,10,12-13H2,(H,28,33)(H,29,30)/t15-/m1/s1. The summed E-state index contributed by atoms with van der Waals surface area (Å²) in [7, 11) is 0. The first kappa shape index (κ1) is 20.2. The van der Waals surface area contributed by atoms with Crippen LogP contribution in [0, 0.1) is 5.82 Å². The summed E-state index contributed by atoms with van der Waals surface area (Å²) >= 11 is 0. The third-order valence-corrected chi connectivity index (χ3v) is 6.77. The minimum absolute atomic E-state index is 0.158. The minimum Gasteiger partial charge on any atom is -0.474 e. The number of amides is 1. The summed E-state index contributed by atoms with van der Waals surface area (Å²) in [5.74, 6) is 0.663. The van der Waals surface area contributed by atoms with Gasteiger partial charge in [0.15, 0.2) is 0 Å². The number of fused-ring (bicyclic) bond motifs is 5. The largest absolute Gasteiger partial charge is 0.474 e. The van der Waals surface area contributed by atoms with Gasteiger partial charge in [-0.15, -0.1) is 0 Å². The topological polar surface area (TPSA) is 93.0 Å². The van der Waals surface area contributed by atoms with E-state index < -0.39 is 0 Å². The molecule has 6 heterocycles. The van der Waals surface area contributed by atoms with Gasteiger partial charge in [0.2, 0.25) is 5.88 Å². The van der Waals surface area contributed by atoms with E-state index in [9.17, 15) is 9.18 Å². The maximum absolute atomic E-state index is 13.6. The maximum atomic E-state index is 13.6. The number of hydrogen-bond acceptors (Lipinski definition) is 7. The number of carbonyl (C=O) groups excluding carboxylic acids is 1. The Bertz CT molecular complexity index is 1500. The molecule has 1 atom stereocenters. The zero-order valence-electron chi connectivity index (χ0n) is 18.6. The highest BCUT2D eigenvalue weighted by atomic mass is 19.1. The van der Waals surface area contributed by atoms with Crippen LogP contribution in [-0.4, -0.2) is 52.7 Å². The van der Waals surface area contributed by atoms with Gasteiger partial charge < -0.3 is 25.0 Å². The number of nitrogens with one attached hydrogen (secondary N) is 2. The van der Waals surface area contributed by atoms with Crippen LogP contribution < -0.4 is 20.3 Å². The SMILES string of the molecule is O=C1NCc2c(-c3cnc4cc(F)ccn34)ccc(Nc3ccc4c(n3)OC[C@H]3COCCN43)c21. The molecular formula is C25H21FN6O3. The number of benzene rings is 1. The van der Waals surface area contributed by atoms with Gasteiger partial charge in [-0.3, -0.25) is 9.20 Å². The van der Waals surface area contributed by atoms with Crippen LogP contribution in [0.5, 0.6) is 5.88 Å². The van der Waals surface area contributed by atoms with Gasteiger partial charge in [-0.2, -0.15) is 4.98 Å². The number of aromatic nitrogens is 3. The first-order chi connectivity index (χ1) is 17.2. The Balaban J connectivity index is 1.25. The predicted octanol–water partition coefficient (Wildman–Crippen LogP) is 3.12. The number of pyridine rings is 2. The van der Waals surface area contributed by atoms with Crippen LogP contribution in [-0.2, 0) is 11.3 Å². The quantitative estimate of drug-likeness (QED) is 0.473. The second-order valence-corrected chi connectivity index (χ2v) is 8.79. The van der Waals surface area contributed by atoms with Gasteiger partial charge in [0.1, 0.15) is 29.6 Å². The molecule has 3 aliphatic heterocycles. The fraction of sp³-hybridized carbons (Fsp3) is 0.240. The molecule has 1 fully saturated rings. The van der Waals surface area contributed by atoms with E-state index in [1.54, 1.807) is 12.4 Å². The summed E-state index contributed by atoms with van der Waals surface area (Å²) in [6.07, 6.45) is 3.34. The van der Waals surface area contributed by atoms with E-state index in [4.69, 9.17) is 9.47 Å². The van der Waals surface area contributed by atoms with Crippen molar-refractivity contribution in [3.8, 4) is 17.1 Å². The zero-order valence-corrected chi connectivity index (χ0v) is 18.6. The highest BCUT2D eigenvalue weighted by molar-refractivity contribution is 6.06. The molecule has 4 aromatic rings. The molecule has 0 aliphatic carbocycles. The van der Waals surface area contributed by atoms with Crippen molar-refractivity contribution in [2.24, 2.45) is 0 Å². The Morgan fingerprint density at radius 1 is 1.17 bits per heavy atom. The third kappa shape index (κ3) is 3.21. The molecule has 1 aromatic carbocycles. The van der Waals surface area contributed by atoms with E-state index in [2.05, 4.69) is 25.5 Å². The van der Waals surface area contributed by atoms with Gasteiger partial charge in [0.25, 0.3) is 5.91 Å². The van der Waals surface area contributed by atoms with Crippen molar-refractivity contribution in [3.05, 3.63) is 65.7 Å². The second kappa shape index (κ2) is 7.67. The molecule has 0 bridgehead atoms. The Morgan fingerprint density at radius 3 is 3.06 bits per heavy atom. The van der Waals surface area contributed by atoms with Crippen molar-refractivity contribution in [2.45, 2.75) is 12.6 Å². The van der Waals surface area contributed by atoms with E-state index in [-0.39, 0.29) is 17.8 Å². The number of morpholine rings is 1. The van der Waals surface area contributed by atoms with E-state index >= 15 is 0 Å². The van der Waals surface area contributed by atoms with Crippen LogP contribution in [0.15, 0.2) is 48.8 Å². The molecule has 1 amide bonds. The van der Waals surface area contributed by atoms with Crippen molar-refractivity contribution in [3.63, 3.8) is 0 Å². The number of rotatable bonds is 3. The van der Waals surface area contributed by atoms with E-state index in [0.29, 0.717) is 55.0 Å². The normalized spacial score (nSPS) is 18.5. The van der Waals surface area contributed by atoms with Crippen molar-refractivity contribution in [1.82, 2.24) is 19.7 Å². The van der Waals surface area contributed by atoms with E-state index in [0.717, 1.165) is 29.1 Å². The number of nitrogens with zero attached hydrogens (tertiary/aromatic N) is 4. The Labute approximate surface area is 199 Å². The lowest BCUT2D eigenvalue weighted by Crippen LogP contribution is -2.51. The van der Waals surface area contributed by atoms with Gasteiger partial charge >= 0.3 is 0 Å². The number of ether oxygens (including phenoxy) is 2. The summed E-state index contributed by atoms with van der Waals surface area (Å²) in [6, 6.07) is 10.7. The number of carbonyl (C=O) groups is 1. The fourth-order valence-electron chi connectivity index (χ4n) is 5.10. The molecule has 0 spiro atoms. The van der Waals surface area contributed by atoms with E-state index in [1.807, 2.05) is 28.7 Å². The Kier molecular flexibility index (Phi) is 4.43. The lowest BCUT2D eigenvalue weighted by molar-refractivity contribution is 0.0693. The average molecular weight is 472 g/mol. The molecule has 9 nitrogen and oxygen atoms in total. The summed E-state index contributed by atoms with van der Waals surface area (Å²) in [5, 5.41) is 6.23. The second-order valence-electron chi connectivity index (χ2n) is 8.79. The molecule has 10 heteroatoms. The lowest BCUT2D eigenvalue weighted by atomic mass is 9.99. The van der Waals surface area contributed by atoms with Crippen molar-refractivity contribution >= 4 is 28.7 Å². The van der Waals surface area contributed by atoms with Gasteiger partial charge in [0, 0.05) is 30.9 Å². The molecule has 0 radical (unpaired) electrons. The zero-order chi connectivity index (χ0) is 23.5. The monoisotopic (exact) mass is 472 g/mol. The van der Waals surface area contributed by atoms with Gasteiger partial charge in [0.05, 0.1) is 42.4 Å². The molecule has 0 saturated carbocycles.